The van der Waals surface area contributed by atoms with Crippen molar-refractivity contribution < 1.29 is 14.0 Å². The molecule has 2 aromatic heterocycles. The van der Waals surface area contributed by atoms with Gasteiger partial charge in [0.2, 0.25) is 0 Å². The van der Waals surface area contributed by atoms with Crippen LogP contribution < -0.4 is 10.2 Å². The highest BCUT2D eigenvalue weighted by Crippen LogP contribution is 2.30. The molecule has 0 bridgehead atoms. The second kappa shape index (κ2) is 8.27. The summed E-state index contributed by atoms with van der Waals surface area (Å²) in [4.78, 5) is 34.5. The Bertz CT molecular complexity index is 1390. The van der Waals surface area contributed by atoms with Crippen molar-refractivity contribution in [2.24, 2.45) is 0 Å². The second-order valence-corrected chi connectivity index (χ2v) is 8.57. The third-order valence-corrected chi connectivity index (χ3v) is 5.95. The first-order valence-corrected chi connectivity index (χ1v) is 11.0. The third-order valence-electron chi connectivity index (χ3n) is 4.62. The lowest BCUT2D eigenvalue weighted by molar-refractivity contribution is -0.122. The minimum Gasteiger partial charge on any atom is -0.450 e. The number of carbonyl (C=O) groups excluding carboxylic acids is 2. The van der Waals surface area contributed by atoms with E-state index in [0.29, 0.717) is 26.7 Å². The van der Waals surface area contributed by atoms with Gasteiger partial charge in [-0.05, 0) is 72.5 Å². The maximum absolute atomic E-state index is 13.1. The number of H-pyrrole nitrogens is 1. The Labute approximate surface area is 196 Å². The number of carbonyl (C=O) groups is 2. The number of anilines is 1. The Balaban J connectivity index is 1.41. The first-order chi connectivity index (χ1) is 15.5. The van der Waals surface area contributed by atoms with Crippen molar-refractivity contribution in [2.75, 3.05) is 4.90 Å². The molecular formula is C22H13ClN4O3S2. The van der Waals surface area contributed by atoms with E-state index in [-0.39, 0.29) is 10.7 Å². The number of aromatic amines is 1. The highest BCUT2D eigenvalue weighted by atomic mass is 35.5. The number of hydrogen-bond acceptors (Lipinski definition) is 6. The van der Waals surface area contributed by atoms with Gasteiger partial charge >= 0.3 is 0 Å². The molecule has 0 spiro atoms. The molecule has 1 saturated heterocycles. The Kier molecular flexibility index (Phi) is 5.30. The van der Waals surface area contributed by atoms with Crippen molar-refractivity contribution in [1.29, 1.82) is 0 Å². The minimum atomic E-state index is -0.596. The van der Waals surface area contributed by atoms with Crippen molar-refractivity contribution in [3.63, 3.8) is 0 Å². The molecule has 0 unspecified atom stereocenters. The first-order valence-electron chi connectivity index (χ1n) is 9.37. The van der Waals surface area contributed by atoms with Crippen LogP contribution in [0.2, 0.25) is 5.02 Å². The molecule has 4 aromatic rings. The van der Waals surface area contributed by atoms with E-state index in [4.69, 9.17) is 28.2 Å². The van der Waals surface area contributed by atoms with Crippen LogP contribution in [0.25, 0.3) is 17.1 Å². The summed E-state index contributed by atoms with van der Waals surface area (Å²) in [5.41, 5.74) is 2.13. The van der Waals surface area contributed by atoms with E-state index in [1.165, 1.54) is 22.7 Å². The van der Waals surface area contributed by atoms with E-state index in [9.17, 15) is 9.59 Å². The fourth-order valence-electron chi connectivity index (χ4n) is 3.19. The normalized spacial score (nSPS) is 15.6. The lowest BCUT2D eigenvalue weighted by atomic mass is 10.1. The van der Waals surface area contributed by atoms with Gasteiger partial charge in [-0.1, -0.05) is 29.8 Å². The topological polar surface area (TPSA) is 91.2 Å². The van der Waals surface area contributed by atoms with Gasteiger partial charge in [0.25, 0.3) is 11.8 Å². The molecule has 2 N–H and O–H groups in total. The van der Waals surface area contributed by atoms with Crippen molar-refractivity contribution in [2.45, 2.75) is 10.2 Å². The number of imidazole rings is 1. The van der Waals surface area contributed by atoms with Gasteiger partial charge < -0.3 is 9.40 Å². The Morgan fingerprint density at radius 3 is 2.75 bits per heavy atom. The lowest BCUT2D eigenvalue weighted by Gasteiger charge is -2.28. The zero-order valence-electron chi connectivity index (χ0n) is 16.2. The van der Waals surface area contributed by atoms with E-state index in [1.54, 1.807) is 36.4 Å². The molecular weight excluding hydrogens is 468 g/mol. The summed E-state index contributed by atoms with van der Waals surface area (Å²) >= 11 is 12.5. The first kappa shape index (κ1) is 20.5. The summed E-state index contributed by atoms with van der Waals surface area (Å²) in [6, 6.07) is 17.8. The number of halogens is 1. The molecule has 10 heteroatoms. The van der Waals surface area contributed by atoms with E-state index in [1.807, 2.05) is 24.3 Å². The molecule has 1 fully saturated rings. The molecule has 1 aliphatic rings. The monoisotopic (exact) mass is 480 g/mol. The third kappa shape index (κ3) is 3.93. The number of amides is 2. The van der Waals surface area contributed by atoms with E-state index < -0.39 is 11.8 Å². The second-order valence-electron chi connectivity index (χ2n) is 6.76. The smallest absolute Gasteiger partial charge is 0.270 e. The zero-order chi connectivity index (χ0) is 22.2. The average molecular weight is 481 g/mol. The number of thiocarbonyl (C=S) groups is 1. The van der Waals surface area contributed by atoms with Crippen LogP contribution >= 0.6 is 35.6 Å². The molecule has 7 nitrogen and oxygen atoms in total. The molecule has 32 heavy (non-hydrogen) atoms. The molecule has 2 aromatic carbocycles. The number of fused-ring (bicyclic) bond motifs is 1. The summed E-state index contributed by atoms with van der Waals surface area (Å²) in [6.07, 6.45) is 1.39. The molecule has 158 valence electrons. The minimum absolute atomic E-state index is 0.0139. The van der Waals surface area contributed by atoms with E-state index in [0.717, 1.165) is 11.0 Å². The maximum Gasteiger partial charge on any atom is 0.270 e. The summed E-state index contributed by atoms with van der Waals surface area (Å²) in [6.45, 7) is 0. The summed E-state index contributed by atoms with van der Waals surface area (Å²) in [5, 5.41) is 4.19. The number of furan rings is 1. The molecule has 0 radical (unpaired) electrons. The number of para-hydroxylation sites is 2. The van der Waals surface area contributed by atoms with Crippen LogP contribution in [0.5, 0.6) is 0 Å². The number of rotatable bonds is 4. The molecule has 2 amide bonds. The van der Waals surface area contributed by atoms with Crippen molar-refractivity contribution in [1.82, 2.24) is 15.3 Å². The number of nitrogens with zero attached hydrogens (tertiary/aromatic N) is 2. The van der Waals surface area contributed by atoms with Crippen LogP contribution in [0, 0.1) is 0 Å². The summed E-state index contributed by atoms with van der Waals surface area (Å²) < 4.78 is 5.79. The zero-order valence-corrected chi connectivity index (χ0v) is 18.6. The molecule has 0 aliphatic carbocycles. The maximum atomic E-state index is 13.1. The largest absolute Gasteiger partial charge is 0.450 e. The van der Waals surface area contributed by atoms with Crippen molar-refractivity contribution in [3.05, 3.63) is 77.0 Å². The van der Waals surface area contributed by atoms with Crippen molar-refractivity contribution in [3.8, 4) is 0 Å². The van der Waals surface area contributed by atoms with Crippen LogP contribution in [-0.2, 0) is 9.59 Å². The number of benzene rings is 2. The molecule has 1 aliphatic heterocycles. The van der Waals surface area contributed by atoms with Gasteiger partial charge in [0.05, 0.1) is 16.7 Å². The van der Waals surface area contributed by atoms with E-state index >= 15 is 0 Å². The standard InChI is InChI=1S/C22H13ClN4O3S2/c23-12-4-3-5-13(10-12)27-20(29)15(19(28)26-22(27)31)11-14-8-9-18(30-14)32-21-24-16-6-1-2-7-17(16)25-21/h1-11H,(H,24,25)(H,26,28,31)/b15-11+. The van der Waals surface area contributed by atoms with Gasteiger partial charge in [-0.3, -0.25) is 19.8 Å². The fraction of sp³-hybridized carbons (Fsp3) is 0. The van der Waals surface area contributed by atoms with Gasteiger partial charge in [0, 0.05) is 5.02 Å². The van der Waals surface area contributed by atoms with Gasteiger partial charge in [-0.15, -0.1) is 0 Å². The summed E-state index contributed by atoms with van der Waals surface area (Å²) in [5.74, 6) is -0.814. The van der Waals surface area contributed by atoms with Crippen LogP contribution in [-0.4, -0.2) is 26.9 Å². The van der Waals surface area contributed by atoms with Gasteiger partial charge in [-0.2, -0.15) is 0 Å². The molecule has 3 heterocycles. The lowest BCUT2D eigenvalue weighted by Crippen LogP contribution is -2.54. The van der Waals surface area contributed by atoms with Crippen LogP contribution in [0.4, 0.5) is 5.69 Å². The van der Waals surface area contributed by atoms with E-state index in [2.05, 4.69) is 15.3 Å². The van der Waals surface area contributed by atoms with Crippen molar-refractivity contribution >= 4 is 75.3 Å². The predicted octanol–water partition coefficient (Wildman–Crippen LogP) is 4.79. The Hall–Kier alpha value is -3.40. The highest BCUT2D eigenvalue weighted by molar-refractivity contribution is 7.99. The quantitative estimate of drug-likeness (QED) is 0.248. The SMILES string of the molecule is O=C1NC(=S)N(c2cccc(Cl)c2)C(=O)/C1=C/c1ccc(Sc2nc3ccccc3[nH]2)o1. The fourth-order valence-corrected chi connectivity index (χ4v) is 4.42. The average Bonchev–Trinajstić information content (AvgIpc) is 3.37. The number of nitrogens with one attached hydrogen (secondary N) is 2. The Morgan fingerprint density at radius 2 is 1.94 bits per heavy atom. The summed E-state index contributed by atoms with van der Waals surface area (Å²) in [7, 11) is 0. The van der Waals surface area contributed by atoms with Gasteiger partial charge in [0.1, 0.15) is 11.3 Å². The number of hydrogen-bond donors (Lipinski definition) is 2. The van der Waals surface area contributed by atoms with Gasteiger partial charge in [0.15, 0.2) is 15.4 Å². The molecule has 5 rings (SSSR count). The number of aromatic nitrogens is 2. The molecule has 0 atom stereocenters. The van der Waals surface area contributed by atoms with Crippen LogP contribution in [0.3, 0.4) is 0 Å². The van der Waals surface area contributed by atoms with Crippen LogP contribution in [0.1, 0.15) is 5.76 Å². The highest BCUT2D eigenvalue weighted by Gasteiger charge is 2.34. The molecule has 0 saturated carbocycles. The van der Waals surface area contributed by atoms with Crippen LogP contribution in [0.15, 0.2) is 80.9 Å². The predicted molar refractivity (Wildman–Crippen MR) is 127 cm³/mol. The Morgan fingerprint density at radius 1 is 1.09 bits per heavy atom. The van der Waals surface area contributed by atoms with Gasteiger partial charge in [-0.25, -0.2) is 4.98 Å².